The van der Waals surface area contributed by atoms with Crippen molar-refractivity contribution in [3.63, 3.8) is 0 Å². The minimum Gasteiger partial charge on any atom is -0.399 e. The van der Waals surface area contributed by atoms with Crippen molar-refractivity contribution in [3.8, 4) is 33.6 Å². The van der Waals surface area contributed by atoms with E-state index in [0.29, 0.717) is 33.9 Å². The first-order valence-corrected chi connectivity index (χ1v) is 9.32. The topological polar surface area (TPSA) is 64.9 Å². The molecule has 0 spiro atoms. The van der Waals surface area contributed by atoms with Crippen LogP contribution in [0.5, 0.6) is 0 Å². The number of pyridine rings is 1. The smallest absolute Gasteiger partial charge is 0.399 e. The van der Waals surface area contributed by atoms with E-state index in [1.165, 1.54) is 6.07 Å². The number of aromatic nitrogens is 1. The van der Waals surface area contributed by atoms with Crippen molar-refractivity contribution >= 4 is 11.4 Å². The normalized spacial score (nSPS) is 11.5. The van der Waals surface area contributed by atoms with Gasteiger partial charge in [-0.1, -0.05) is 30.3 Å². The van der Waals surface area contributed by atoms with Crippen LogP contribution < -0.4 is 11.5 Å². The van der Waals surface area contributed by atoms with Crippen molar-refractivity contribution in [2.75, 3.05) is 11.5 Å². The molecule has 4 N–H and O–H groups in total. The van der Waals surface area contributed by atoms with Crippen LogP contribution in [0.1, 0.15) is 5.56 Å². The van der Waals surface area contributed by atoms with Gasteiger partial charge in [-0.25, -0.2) is 9.37 Å². The third-order valence-electron chi connectivity index (χ3n) is 4.85. The summed E-state index contributed by atoms with van der Waals surface area (Å²) < 4.78 is 53.0. The molecule has 4 rings (SSSR count). The van der Waals surface area contributed by atoms with Gasteiger partial charge in [-0.15, -0.1) is 0 Å². The number of hydrogen-bond donors (Lipinski definition) is 2. The van der Waals surface area contributed by atoms with Crippen LogP contribution in [-0.4, -0.2) is 4.98 Å². The number of halogens is 4. The Labute approximate surface area is 176 Å². The van der Waals surface area contributed by atoms with E-state index in [1.54, 1.807) is 60.7 Å². The lowest BCUT2D eigenvalue weighted by Crippen LogP contribution is -2.07. The van der Waals surface area contributed by atoms with E-state index in [-0.39, 0.29) is 0 Å². The van der Waals surface area contributed by atoms with Gasteiger partial charge >= 0.3 is 6.18 Å². The summed E-state index contributed by atoms with van der Waals surface area (Å²) in [5, 5.41) is 0. The number of anilines is 2. The Balaban J connectivity index is 1.88. The maximum absolute atomic E-state index is 14.2. The maximum Gasteiger partial charge on any atom is 0.419 e. The van der Waals surface area contributed by atoms with E-state index >= 15 is 0 Å². The highest BCUT2D eigenvalue weighted by atomic mass is 19.4. The highest BCUT2D eigenvalue weighted by Crippen LogP contribution is 2.35. The van der Waals surface area contributed by atoms with Gasteiger partial charge in [0.1, 0.15) is 5.82 Å². The van der Waals surface area contributed by atoms with Gasteiger partial charge in [-0.2, -0.15) is 13.2 Å². The third kappa shape index (κ3) is 4.35. The summed E-state index contributed by atoms with van der Waals surface area (Å²) in [6, 6.07) is 20.4. The molecule has 0 radical (unpaired) electrons. The molecular formula is C24H17F4N3. The summed E-state index contributed by atoms with van der Waals surface area (Å²) in [4.78, 5) is 4.68. The molecule has 31 heavy (non-hydrogen) atoms. The van der Waals surface area contributed by atoms with Gasteiger partial charge in [-0.3, -0.25) is 0 Å². The van der Waals surface area contributed by atoms with Crippen molar-refractivity contribution in [3.05, 3.63) is 90.2 Å². The summed E-state index contributed by atoms with van der Waals surface area (Å²) in [6.07, 6.45) is -4.76. The second-order valence-electron chi connectivity index (χ2n) is 7.06. The third-order valence-corrected chi connectivity index (χ3v) is 4.85. The molecular weight excluding hydrogens is 406 g/mol. The van der Waals surface area contributed by atoms with Crippen LogP contribution in [0, 0.1) is 5.82 Å². The lowest BCUT2D eigenvalue weighted by atomic mass is 9.98. The highest BCUT2D eigenvalue weighted by molar-refractivity contribution is 5.77. The Morgan fingerprint density at radius 2 is 1.03 bits per heavy atom. The van der Waals surface area contributed by atoms with Crippen molar-refractivity contribution in [1.29, 1.82) is 0 Å². The molecule has 3 nitrogen and oxygen atoms in total. The molecule has 0 aliphatic heterocycles. The molecule has 0 aliphatic carbocycles. The maximum atomic E-state index is 14.2. The lowest BCUT2D eigenvalue weighted by molar-refractivity contribution is -0.139. The minimum absolute atomic E-state index is 0.307. The Hall–Kier alpha value is -3.87. The molecule has 1 heterocycles. The summed E-state index contributed by atoms with van der Waals surface area (Å²) in [5.41, 5.74) is 14.9. The highest BCUT2D eigenvalue weighted by Gasteiger charge is 2.34. The fourth-order valence-corrected chi connectivity index (χ4v) is 3.23. The summed E-state index contributed by atoms with van der Waals surface area (Å²) in [7, 11) is 0. The van der Waals surface area contributed by atoms with Crippen LogP contribution in [0.2, 0.25) is 0 Å². The van der Waals surface area contributed by atoms with Crippen LogP contribution in [-0.2, 0) is 6.18 Å². The Bertz CT molecular complexity index is 1170. The number of nitrogens with two attached hydrogens (primary N) is 2. The molecule has 0 unspecified atom stereocenters. The number of nitrogens with zero attached hydrogens (tertiary/aromatic N) is 1. The van der Waals surface area contributed by atoms with E-state index in [2.05, 4.69) is 4.98 Å². The van der Waals surface area contributed by atoms with Crippen LogP contribution in [0.3, 0.4) is 0 Å². The van der Waals surface area contributed by atoms with Gasteiger partial charge in [0, 0.05) is 22.5 Å². The zero-order valence-electron chi connectivity index (χ0n) is 16.1. The molecule has 0 fully saturated rings. The number of benzene rings is 3. The summed E-state index contributed by atoms with van der Waals surface area (Å²) in [5.74, 6) is -1.33. The number of nitrogen functional groups attached to an aromatic ring is 2. The Morgan fingerprint density at radius 3 is 1.45 bits per heavy atom. The monoisotopic (exact) mass is 423 g/mol. The average molecular weight is 423 g/mol. The summed E-state index contributed by atoms with van der Waals surface area (Å²) >= 11 is 0. The molecule has 0 aliphatic rings. The first kappa shape index (κ1) is 20.4. The molecule has 0 amide bonds. The molecule has 0 atom stereocenters. The van der Waals surface area contributed by atoms with Crippen molar-refractivity contribution in [2.45, 2.75) is 6.18 Å². The van der Waals surface area contributed by atoms with Gasteiger partial charge in [-0.05, 0) is 59.7 Å². The molecule has 0 saturated heterocycles. The van der Waals surface area contributed by atoms with Gasteiger partial charge in [0.2, 0.25) is 0 Å². The van der Waals surface area contributed by atoms with E-state index < -0.39 is 17.6 Å². The van der Waals surface area contributed by atoms with Crippen LogP contribution in [0.25, 0.3) is 33.6 Å². The number of hydrogen-bond acceptors (Lipinski definition) is 3. The van der Waals surface area contributed by atoms with E-state index in [0.717, 1.165) is 23.3 Å². The van der Waals surface area contributed by atoms with E-state index in [9.17, 15) is 17.6 Å². The van der Waals surface area contributed by atoms with Crippen molar-refractivity contribution in [2.24, 2.45) is 0 Å². The van der Waals surface area contributed by atoms with Crippen LogP contribution in [0.15, 0.2) is 78.9 Å². The second kappa shape index (κ2) is 7.75. The lowest BCUT2D eigenvalue weighted by Gasteiger charge is -2.13. The zero-order valence-corrected chi connectivity index (χ0v) is 16.1. The zero-order chi connectivity index (χ0) is 22.2. The fourth-order valence-electron chi connectivity index (χ4n) is 3.23. The van der Waals surface area contributed by atoms with Gasteiger partial charge in [0.25, 0.3) is 0 Å². The number of alkyl halides is 3. The molecule has 3 aromatic carbocycles. The van der Waals surface area contributed by atoms with Crippen LogP contribution >= 0.6 is 0 Å². The van der Waals surface area contributed by atoms with Crippen molar-refractivity contribution in [1.82, 2.24) is 4.98 Å². The van der Waals surface area contributed by atoms with Gasteiger partial charge in [0.05, 0.1) is 17.0 Å². The summed E-state index contributed by atoms with van der Waals surface area (Å²) in [6.45, 7) is 0. The Kier molecular flexibility index (Phi) is 5.10. The predicted octanol–water partition coefficient (Wildman–Crippen LogP) is 6.40. The average Bonchev–Trinajstić information content (AvgIpc) is 2.73. The Morgan fingerprint density at radius 1 is 0.581 bits per heavy atom. The van der Waals surface area contributed by atoms with Crippen LogP contribution in [0.4, 0.5) is 28.9 Å². The second-order valence-corrected chi connectivity index (χ2v) is 7.06. The fraction of sp³-hybridized carbons (Fsp3) is 0.0417. The van der Waals surface area contributed by atoms with Crippen molar-refractivity contribution < 1.29 is 17.6 Å². The minimum atomic E-state index is -4.76. The van der Waals surface area contributed by atoms with Gasteiger partial charge in [0.15, 0.2) is 0 Å². The molecule has 156 valence electrons. The largest absolute Gasteiger partial charge is 0.419 e. The van der Waals surface area contributed by atoms with E-state index in [4.69, 9.17) is 11.5 Å². The SMILES string of the molecule is Nc1ccc(-c2cc(-c3ccc(C(F)(F)F)c(F)c3)cc(-c3ccc(N)cc3)n2)cc1. The molecule has 0 bridgehead atoms. The first-order chi connectivity index (χ1) is 14.7. The van der Waals surface area contributed by atoms with Gasteiger partial charge < -0.3 is 11.5 Å². The standard InChI is InChI=1S/C24H17F4N3/c25-21-11-16(5-10-20(21)24(26,27)28)17-12-22(14-1-6-18(29)7-2-14)31-23(13-17)15-3-8-19(30)9-4-15/h1-13H,29-30H2. The first-order valence-electron chi connectivity index (χ1n) is 9.32. The molecule has 7 heteroatoms. The van der Waals surface area contributed by atoms with E-state index in [1.807, 2.05) is 0 Å². The quantitative estimate of drug-likeness (QED) is 0.296. The molecule has 0 saturated carbocycles. The predicted molar refractivity (Wildman–Crippen MR) is 114 cm³/mol. The molecule has 4 aromatic rings. The molecule has 1 aromatic heterocycles. The number of rotatable bonds is 3.